The van der Waals surface area contributed by atoms with E-state index < -0.39 is 11.6 Å². The Morgan fingerprint density at radius 1 is 1.29 bits per heavy atom. The minimum atomic E-state index is -0.951. The van der Waals surface area contributed by atoms with Crippen LogP contribution in [0.1, 0.15) is 5.56 Å². The highest BCUT2D eigenvalue weighted by molar-refractivity contribution is 5.85. The summed E-state index contributed by atoms with van der Waals surface area (Å²) in [5, 5.41) is 0. The minimum Gasteiger partial charge on any atom is -0.494 e. The van der Waals surface area contributed by atoms with E-state index in [0.717, 1.165) is 0 Å². The molecule has 0 aliphatic heterocycles. The molecule has 14 heavy (non-hydrogen) atoms. The third-order valence-corrected chi connectivity index (χ3v) is 1.76. The van der Waals surface area contributed by atoms with Crippen molar-refractivity contribution in [3.05, 3.63) is 29.3 Å². The van der Waals surface area contributed by atoms with E-state index in [4.69, 9.17) is 5.73 Å². The predicted octanol–water partition coefficient (Wildman–Crippen LogP) is 1.90. The van der Waals surface area contributed by atoms with Crippen LogP contribution in [0.25, 0.3) is 0 Å². The summed E-state index contributed by atoms with van der Waals surface area (Å²) in [6.07, 6.45) is 0.326. The Hall–Kier alpha value is -0.870. The standard InChI is InChI=1S/C9H11F2NO.ClH/c1-13-7-3-2-6(4-5-12)8(10)9(7)11;/h2-3H,4-5,12H2,1H3;1H. The molecule has 0 unspecified atom stereocenters. The molecule has 0 saturated heterocycles. The molecule has 0 radical (unpaired) electrons. The number of hydrogen-bond acceptors (Lipinski definition) is 2. The Labute approximate surface area is 87.5 Å². The molecule has 0 heterocycles. The lowest BCUT2D eigenvalue weighted by Gasteiger charge is -2.05. The van der Waals surface area contributed by atoms with Crippen LogP contribution < -0.4 is 10.5 Å². The maximum absolute atomic E-state index is 13.1. The molecular weight excluding hydrogens is 212 g/mol. The summed E-state index contributed by atoms with van der Waals surface area (Å²) in [5.74, 6) is -1.91. The minimum absolute atomic E-state index is 0. The van der Waals surface area contributed by atoms with E-state index in [1.807, 2.05) is 0 Å². The van der Waals surface area contributed by atoms with Crippen LogP contribution in [-0.4, -0.2) is 13.7 Å². The van der Waals surface area contributed by atoms with Gasteiger partial charge in [-0.3, -0.25) is 0 Å². The van der Waals surface area contributed by atoms with Gasteiger partial charge in [-0.25, -0.2) is 4.39 Å². The highest BCUT2D eigenvalue weighted by atomic mass is 35.5. The third-order valence-electron chi connectivity index (χ3n) is 1.76. The Morgan fingerprint density at radius 2 is 1.93 bits per heavy atom. The van der Waals surface area contributed by atoms with Gasteiger partial charge in [0.1, 0.15) is 0 Å². The van der Waals surface area contributed by atoms with Gasteiger partial charge in [0, 0.05) is 0 Å². The zero-order chi connectivity index (χ0) is 9.84. The Kier molecular flexibility index (Phi) is 5.42. The van der Waals surface area contributed by atoms with Crippen molar-refractivity contribution in [3.8, 4) is 5.75 Å². The van der Waals surface area contributed by atoms with Crippen LogP contribution in [0.3, 0.4) is 0 Å². The number of ether oxygens (including phenoxy) is 1. The first kappa shape index (κ1) is 13.1. The highest BCUT2D eigenvalue weighted by Gasteiger charge is 2.12. The molecule has 0 fully saturated rings. The van der Waals surface area contributed by atoms with E-state index in [-0.39, 0.29) is 23.7 Å². The predicted molar refractivity (Wildman–Crippen MR) is 52.9 cm³/mol. The second-order valence-corrected chi connectivity index (χ2v) is 2.59. The highest BCUT2D eigenvalue weighted by Crippen LogP contribution is 2.22. The topological polar surface area (TPSA) is 35.2 Å². The van der Waals surface area contributed by atoms with Gasteiger partial charge in [0.05, 0.1) is 7.11 Å². The Balaban J connectivity index is 0.00000169. The first-order chi connectivity index (χ1) is 6.20. The van der Waals surface area contributed by atoms with Crippen LogP contribution >= 0.6 is 12.4 Å². The Bertz CT molecular complexity index is 307. The summed E-state index contributed by atoms with van der Waals surface area (Å²) in [6, 6.07) is 2.87. The SMILES string of the molecule is COc1ccc(CCN)c(F)c1F.Cl. The van der Waals surface area contributed by atoms with Gasteiger partial charge in [-0.1, -0.05) is 6.07 Å². The van der Waals surface area contributed by atoms with Crippen molar-refractivity contribution in [1.82, 2.24) is 0 Å². The molecular formula is C9H12ClF2NO. The van der Waals surface area contributed by atoms with Crippen molar-refractivity contribution in [1.29, 1.82) is 0 Å². The van der Waals surface area contributed by atoms with Crippen LogP contribution in [0.2, 0.25) is 0 Å². The van der Waals surface area contributed by atoms with Gasteiger partial charge in [0.15, 0.2) is 11.6 Å². The third kappa shape index (κ3) is 2.56. The quantitative estimate of drug-likeness (QED) is 0.850. The molecule has 0 saturated carbocycles. The van der Waals surface area contributed by atoms with E-state index in [1.54, 1.807) is 0 Å². The van der Waals surface area contributed by atoms with Gasteiger partial charge >= 0.3 is 0 Å². The molecule has 0 bridgehead atoms. The van der Waals surface area contributed by atoms with Crippen LogP contribution in [0.15, 0.2) is 12.1 Å². The lowest BCUT2D eigenvalue weighted by atomic mass is 10.1. The monoisotopic (exact) mass is 223 g/mol. The van der Waals surface area contributed by atoms with Crippen molar-refractivity contribution in [2.45, 2.75) is 6.42 Å². The van der Waals surface area contributed by atoms with Gasteiger partial charge in [0.2, 0.25) is 5.82 Å². The molecule has 0 amide bonds. The molecule has 1 aromatic rings. The van der Waals surface area contributed by atoms with Gasteiger partial charge in [-0.2, -0.15) is 4.39 Å². The van der Waals surface area contributed by atoms with E-state index in [0.29, 0.717) is 13.0 Å². The normalized spacial score (nSPS) is 9.43. The average molecular weight is 224 g/mol. The summed E-state index contributed by atoms with van der Waals surface area (Å²) < 4.78 is 30.8. The first-order valence-corrected chi connectivity index (χ1v) is 3.91. The molecule has 2 nitrogen and oxygen atoms in total. The maximum Gasteiger partial charge on any atom is 0.200 e. The fourth-order valence-electron chi connectivity index (χ4n) is 1.08. The van der Waals surface area contributed by atoms with Gasteiger partial charge in [-0.05, 0) is 24.6 Å². The molecule has 0 aromatic heterocycles. The van der Waals surface area contributed by atoms with Crippen LogP contribution in [0.4, 0.5) is 8.78 Å². The second kappa shape index (κ2) is 5.78. The van der Waals surface area contributed by atoms with E-state index in [9.17, 15) is 8.78 Å². The smallest absolute Gasteiger partial charge is 0.200 e. The summed E-state index contributed by atoms with van der Waals surface area (Å²) in [6.45, 7) is 0.294. The fraction of sp³-hybridized carbons (Fsp3) is 0.333. The fourth-order valence-corrected chi connectivity index (χ4v) is 1.08. The molecule has 80 valence electrons. The van der Waals surface area contributed by atoms with Crippen molar-refractivity contribution in [2.75, 3.05) is 13.7 Å². The largest absolute Gasteiger partial charge is 0.494 e. The van der Waals surface area contributed by atoms with Gasteiger partial charge in [0.25, 0.3) is 0 Å². The number of halogens is 3. The molecule has 1 aromatic carbocycles. The number of nitrogens with two attached hydrogens (primary N) is 1. The van der Waals surface area contributed by atoms with Crippen LogP contribution in [-0.2, 0) is 6.42 Å². The lowest BCUT2D eigenvalue weighted by Crippen LogP contribution is -2.06. The van der Waals surface area contributed by atoms with E-state index in [2.05, 4.69) is 4.74 Å². The van der Waals surface area contributed by atoms with E-state index >= 15 is 0 Å². The second-order valence-electron chi connectivity index (χ2n) is 2.59. The zero-order valence-electron chi connectivity index (χ0n) is 7.72. The number of benzene rings is 1. The molecule has 5 heteroatoms. The average Bonchev–Trinajstić information content (AvgIpc) is 2.14. The van der Waals surface area contributed by atoms with Crippen molar-refractivity contribution >= 4 is 12.4 Å². The maximum atomic E-state index is 13.1. The van der Waals surface area contributed by atoms with Gasteiger partial charge in [-0.15, -0.1) is 12.4 Å². The molecule has 2 N–H and O–H groups in total. The number of hydrogen-bond donors (Lipinski definition) is 1. The molecule has 0 spiro atoms. The van der Waals surface area contributed by atoms with E-state index in [1.165, 1.54) is 19.2 Å². The Morgan fingerprint density at radius 3 is 2.43 bits per heavy atom. The summed E-state index contributed by atoms with van der Waals surface area (Å²) in [7, 11) is 1.29. The number of methoxy groups -OCH3 is 1. The molecule has 0 aliphatic rings. The summed E-state index contributed by atoms with van der Waals surface area (Å²) in [4.78, 5) is 0. The van der Waals surface area contributed by atoms with Crippen LogP contribution in [0, 0.1) is 11.6 Å². The molecule has 0 aliphatic carbocycles. The van der Waals surface area contributed by atoms with Gasteiger partial charge < -0.3 is 10.5 Å². The van der Waals surface area contributed by atoms with Crippen LogP contribution in [0.5, 0.6) is 5.75 Å². The lowest BCUT2D eigenvalue weighted by molar-refractivity contribution is 0.370. The first-order valence-electron chi connectivity index (χ1n) is 3.91. The van der Waals surface area contributed by atoms with Crippen molar-refractivity contribution in [3.63, 3.8) is 0 Å². The summed E-state index contributed by atoms with van der Waals surface area (Å²) in [5.41, 5.74) is 5.51. The molecule has 0 atom stereocenters. The number of rotatable bonds is 3. The zero-order valence-corrected chi connectivity index (χ0v) is 8.54. The molecule has 1 rings (SSSR count). The van der Waals surface area contributed by atoms with Crippen molar-refractivity contribution in [2.24, 2.45) is 5.73 Å². The van der Waals surface area contributed by atoms with Crippen molar-refractivity contribution < 1.29 is 13.5 Å². The summed E-state index contributed by atoms with van der Waals surface area (Å²) >= 11 is 0.